The maximum Gasteiger partial charge on any atom is 0.0638 e. The van der Waals surface area contributed by atoms with Gasteiger partial charge < -0.3 is 5.32 Å². The normalized spacial score (nSPS) is 29.3. The summed E-state index contributed by atoms with van der Waals surface area (Å²) in [7, 11) is 0. The van der Waals surface area contributed by atoms with Gasteiger partial charge in [-0.1, -0.05) is 31.2 Å². The minimum Gasteiger partial charge on any atom is -0.310 e. The Balaban J connectivity index is 1.77. The molecule has 1 N–H and O–H groups in total. The molecule has 2 bridgehead atoms. The molecule has 3 unspecified atom stereocenters. The van der Waals surface area contributed by atoms with E-state index in [2.05, 4.69) is 42.6 Å². The highest BCUT2D eigenvalue weighted by molar-refractivity contribution is 5.30. The van der Waals surface area contributed by atoms with Gasteiger partial charge in [-0.25, -0.2) is 0 Å². The van der Waals surface area contributed by atoms with E-state index in [1.165, 1.54) is 25.7 Å². The van der Waals surface area contributed by atoms with Crippen molar-refractivity contribution in [2.45, 2.75) is 57.5 Å². The highest BCUT2D eigenvalue weighted by Gasteiger charge is 2.39. The predicted octanol–water partition coefficient (Wildman–Crippen LogP) is 3.46. The van der Waals surface area contributed by atoms with Crippen LogP contribution >= 0.6 is 0 Å². The molecule has 2 heteroatoms. The van der Waals surface area contributed by atoms with Gasteiger partial charge in [-0.15, -0.1) is 0 Å². The number of nitrogens with zero attached hydrogens (tertiary/aromatic N) is 1. The van der Waals surface area contributed by atoms with Crippen molar-refractivity contribution in [2.24, 2.45) is 11.8 Å². The van der Waals surface area contributed by atoms with E-state index >= 15 is 0 Å². The molecule has 0 aliphatic heterocycles. The van der Waals surface area contributed by atoms with Crippen LogP contribution in [-0.2, 0) is 12.8 Å². The lowest BCUT2D eigenvalue weighted by Crippen LogP contribution is -2.44. The lowest BCUT2D eigenvalue weighted by Gasteiger charge is -2.28. The summed E-state index contributed by atoms with van der Waals surface area (Å²) in [6.07, 6.45) is 6.82. The van der Waals surface area contributed by atoms with Crippen molar-refractivity contribution in [1.82, 2.24) is 5.32 Å². The summed E-state index contributed by atoms with van der Waals surface area (Å²) in [6.45, 7) is 2.18. The van der Waals surface area contributed by atoms with Gasteiger partial charge in [0.2, 0.25) is 0 Å². The first-order valence-electron chi connectivity index (χ1n) is 8.01. The molecule has 1 aromatic rings. The SMILES string of the molecule is CCC(CC#N)NC1C2CCC1Cc1ccccc1C2. The largest absolute Gasteiger partial charge is 0.310 e. The molecular weight excluding hydrogens is 244 g/mol. The minimum absolute atomic E-state index is 0.370. The molecule has 20 heavy (non-hydrogen) atoms. The first kappa shape index (κ1) is 13.6. The van der Waals surface area contributed by atoms with E-state index < -0.39 is 0 Å². The van der Waals surface area contributed by atoms with E-state index in [0.29, 0.717) is 18.5 Å². The first-order chi connectivity index (χ1) is 9.81. The topological polar surface area (TPSA) is 35.8 Å². The molecule has 2 nitrogen and oxygen atoms in total. The quantitative estimate of drug-likeness (QED) is 0.907. The molecule has 3 atom stereocenters. The molecule has 1 fully saturated rings. The zero-order chi connectivity index (χ0) is 13.9. The highest BCUT2D eigenvalue weighted by atomic mass is 15.0. The minimum atomic E-state index is 0.370. The summed E-state index contributed by atoms with van der Waals surface area (Å²) in [5, 5.41) is 12.8. The Morgan fingerprint density at radius 2 is 1.80 bits per heavy atom. The van der Waals surface area contributed by atoms with E-state index in [9.17, 15) is 0 Å². The van der Waals surface area contributed by atoms with Gasteiger partial charge in [0.15, 0.2) is 0 Å². The molecule has 3 rings (SSSR count). The standard InChI is InChI=1S/C18H24N2/c1-2-17(9-10-19)20-18-15-7-8-16(18)12-14-6-4-3-5-13(14)11-15/h3-6,15-18,20H,2,7-9,11-12H2,1H3. The Morgan fingerprint density at radius 3 is 2.30 bits per heavy atom. The second-order valence-electron chi connectivity index (χ2n) is 6.43. The van der Waals surface area contributed by atoms with E-state index in [-0.39, 0.29) is 0 Å². The van der Waals surface area contributed by atoms with Crippen LogP contribution in [0.2, 0.25) is 0 Å². The Bertz CT molecular complexity index is 469. The molecule has 0 amide bonds. The summed E-state index contributed by atoms with van der Waals surface area (Å²) >= 11 is 0. The molecule has 2 aliphatic rings. The smallest absolute Gasteiger partial charge is 0.0638 e. The van der Waals surface area contributed by atoms with Gasteiger partial charge in [-0.05, 0) is 55.1 Å². The van der Waals surface area contributed by atoms with Crippen LogP contribution in [0, 0.1) is 23.2 Å². The molecule has 106 valence electrons. The lowest BCUT2D eigenvalue weighted by atomic mass is 9.93. The predicted molar refractivity (Wildman–Crippen MR) is 81.3 cm³/mol. The lowest BCUT2D eigenvalue weighted by molar-refractivity contribution is 0.302. The fourth-order valence-electron chi connectivity index (χ4n) is 4.13. The van der Waals surface area contributed by atoms with Crippen LogP contribution in [0.1, 0.15) is 43.7 Å². The number of hydrogen-bond acceptors (Lipinski definition) is 2. The molecule has 0 saturated heterocycles. The average Bonchev–Trinajstić information content (AvgIpc) is 2.73. The summed E-state index contributed by atoms with van der Waals surface area (Å²) in [5.74, 6) is 1.52. The maximum absolute atomic E-state index is 8.95. The van der Waals surface area contributed by atoms with Crippen LogP contribution in [0.3, 0.4) is 0 Å². The van der Waals surface area contributed by atoms with E-state index in [1.807, 2.05) is 0 Å². The Labute approximate surface area is 122 Å². The number of rotatable bonds is 4. The van der Waals surface area contributed by atoms with Gasteiger partial charge in [-0.2, -0.15) is 5.26 Å². The molecule has 0 aromatic heterocycles. The molecule has 0 radical (unpaired) electrons. The van der Waals surface area contributed by atoms with Gasteiger partial charge in [-0.3, -0.25) is 0 Å². The number of nitrogens with one attached hydrogen (secondary N) is 1. The zero-order valence-corrected chi connectivity index (χ0v) is 12.3. The third-order valence-electron chi connectivity index (χ3n) is 5.27. The second kappa shape index (κ2) is 5.97. The molecule has 1 saturated carbocycles. The Hall–Kier alpha value is -1.33. The van der Waals surface area contributed by atoms with Gasteiger partial charge >= 0.3 is 0 Å². The van der Waals surface area contributed by atoms with Crippen LogP contribution < -0.4 is 5.32 Å². The monoisotopic (exact) mass is 268 g/mol. The summed E-state index contributed by atoms with van der Waals surface area (Å²) in [4.78, 5) is 0. The molecule has 2 aliphatic carbocycles. The van der Waals surface area contributed by atoms with Gasteiger partial charge in [0, 0.05) is 12.1 Å². The Kier molecular flexibility index (Phi) is 4.08. The van der Waals surface area contributed by atoms with Crippen LogP contribution in [0.5, 0.6) is 0 Å². The Morgan fingerprint density at radius 1 is 1.20 bits per heavy atom. The first-order valence-corrected chi connectivity index (χ1v) is 8.01. The maximum atomic E-state index is 8.95. The van der Waals surface area contributed by atoms with Crippen molar-refractivity contribution >= 4 is 0 Å². The summed E-state index contributed by atoms with van der Waals surface area (Å²) in [6, 6.07) is 12.3. The van der Waals surface area contributed by atoms with Crippen molar-refractivity contribution in [1.29, 1.82) is 5.26 Å². The van der Waals surface area contributed by atoms with Crippen LogP contribution in [-0.4, -0.2) is 12.1 Å². The van der Waals surface area contributed by atoms with Crippen molar-refractivity contribution in [2.75, 3.05) is 0 Å². The van der Waals surface area contributed by atoms with Crippen LogP contribution in [0.15, 0.2) is 24.3 Å². The number of fused-ring (bicyclic) bond motifs is 3. The number of benzene rings is 1. The van der Waals surface area contributed by atoms with Gasteiger partial charge in [0.05, 0.1) is 12.5 Å². The molecule has 0 heterocycles. The zero-order valence-electron chi connectivity index (χ0n) is 12.3. The van der Waals surface area contributed by atoms with E-state index in [0.717, 1.165) is 18.3 Å². The van der Waals surface area contributed by atoms with Gasteiger partial charge in [0.25, 0.3) is 0 Å². The fourth-order valence-corrected chi connectivity index (χ4v) is 4.13. The fraction of sp³-hybridized carbons (Fsp3) is 0.611. The molecule has 1 aromatic carbocycles. The van der Waals surface area contributed by atoms with Crippen molar-refractivity contribution in [3.63, 3.8) is 0 Å². The van der Waals surface area contributed by atoms with Crippen molar-refractivity contribution in [3.05, 3.63) is 35.4 Å². The number of hydrogen-bond donors (Lipinski definition) is 1. The number of nitriles is 1. The third kappa shape index (κ3) is 2.60. The highest BCUT2D eigenvalue weighted by Crippen LogP contribution is 2.40. The van der Waals surface area contributed by atoms with E-state index in [1.54, 1.807) is 11.1 Å². The third-order valence-corrected chi connectivity index (χ3v) is 5.27. The van der Waals surface area contributed by atoms with Crippen LogP contribution in [0.4, 0.5) is 0 Å². The van der Waals surface area contributed by atoms with Crippen molar-refractivity contribution in [3.8, 4) is 6.07 Å². The summed E-state index contributed by atoms with van der Waals surface area (Å²) in [5.41, 5.74) is 3.11. The molecule has 0 spiro atoms. The van der Waals surface area contributed by atoms with Gasteiger partial charge in [0.1, 0.15) is 0 Å². The second-order valence-corrected chi connectivity index (χ2v) is 6.43. The van der Waals surface area contributed by atoms with Crippen molar-refractivity contribution < 1.29 is 0 Å². The summed E-state index contributed by atoms with van der Waals surface area (Å²) < 4.78 is 0. The molecular formula is C18H24N2. The van der Waals surface area contributed by atoms with Crippen LogP contribution in [0.25, 0.3) is 0 Å². The van der Waals surface area contributed by atoms with E-state index in [4.69, 9.17) is 5.26 Å². The average molecular weight is 268 g/mol.